The minimum absolute atomic E-state index is 0.692. The molecule has 0 unspecified atom stereocenters. The summed E-state index contributed by atoms with van der Waals surface area (Å²) < 4.78 is 5.37. The Morgan fingerprint density at radius 3 is 2.73 bits per heavy atom. The summed E-state index contributed by atoms with van der Waals surface area (Å²) >= 11 is 0. The van der Waals surface area contributed by atoms with Crippen molar-refractivity contribution in [2.75, 3.05) is 13.7 Å². The summed E-state index contributed by atoms with van der Waals surface area (Å²) in [6.45, 7) is 0.823. The Morgan fingerprint density at radius 2 is 2.07 bits per heavy atom. The first-order chi connectivity index (χ1) is 7.35. The summed E-state index contributed by atoms with van der Waals surface area (Å²) in [5.41, 5.74) is 6.92. The third-order valence-electron chi connectivity index (χ3n) is 3.39. The van der Waals surface area contributed by atoms with E-state index in [4.69, 9.17) is 10.5 Å². The summed E-state index contributed by atoms with van der Waals surface area (Å²) in [5, 5.41) is 0. The fourth-order valence-electron chi connectivity index (χ4n) is 2.46. The molecule has 0 spiro atoms. The summed E-state index contributed by atoms with van der Waals surface area (Å²) in [5.74, 6) is 2.57. The Kier molecular flexibility index (Phi) is 3.27. The highest BCUT2D eigenvalue weighted by molar-refractivity contribution is 5.37. The van der Waals surface area contributed by atoms with Crippen LogP contribution in [0.25, 0.3) is 0 Å². The largest absolute Gasteiger partial charge is 0.496 e. The second kappa shape index (κ2) is 4.67. The van der Waals surface area contributed by atoms with Gasteiger partial charge >= 0.3 is 0 Å². The molecule has 0 saturated heterocycles. The third-order valence-corrected chi connectivity index (χ3v) is 3.39. The Labute approximate surface area is 91.4 Å². The first-order valence-electron chi connectivity index (χ1n) is 5.68. The van der Waals surface area contributed by atoms with Crippen LogP contribution in [0.15, 0.2) is 24.3 Å². The molecule has 0 amide bonds. The van der Waals surface area contributed by atoms with E-state index in [1.807, 2.05) is 12.1 Å². The second-order valence-electron chi connectivity index (χ2n) is 4.35. The van der Waals surface area contributed by atoms with Crippen molar-refractivity contribution in [1.29, 1.82) is 0 Å². The lowest BCUT2D eigenvalue weighted by molar-refractivity contribution is 0.246. The first kappa shape index (κ1) is 10.5. The molecule has 2 rings (SSSR count). The van der Waals surface area contributed by atoms with E-state index >= 15 is 0 Å². The maximum atomic E-state index is 5.55. The van der Waals surface area contributed by atoms with E-state index in [9.17, 15) is 0 Å². The molecule has 1 aromatic rings. The van der Waals surface area contributed by atoms with E-state index in [1.54, 1.807) is 7.11 Å². The Morgan fingerprint density at radius 1 is 1.33 bits per heavy atom. The molecule has 0 atom stereocenters. The van der Waals surface area contributed by atoms with Crippen LogP contribution in [-0.2, 0) is 0 Å². The zero-order valence-electron chi connectivity index (χ0n) is 9.28. The van der Waals surface area contributed by atoms with Gasteiger partial charge in [0.15, 0.2) is 0 Å². The molecule has 1 aliphatic rings. The Bertz CT molecular complexity index is 318. The molecule has 1 aromatic carbocycles. The number of hydrogen-bond donors (Lipinski definition) is 1. The normalized spacial score (nSPS) is 24.7. The average Bonchev–Trinajstić information content (AvgIpc) is 2.23. The predicted octanol–water partition coefficient (Wildman–Crippen LogP) is 2.54. The molecule has 0 aliphatic heterocycles. The molecular formula is C13H19NO. The van der Waals surface area contributed by atoms with Gasteiger partial charge in [0.2, 0.25) is 0 Å². The molecule has 2 nitrogen and oxygen atoms in total. The van der Waals surface area contributed by atoms with Gasteiger partial charge < -0.3 is 10.5 Å². The van der Waals surface area contributed by atoms with Crippen LogP contribution in [-0.4, -0.2) is 13.7 Å². The van der Waals surface area contributed by atoms with E-state index in [-0.39, 0.29) is 0 Å². The molecule has 0 aromatic heterocycles. The highest BCUT2D eigenvalue weighted by Crippen LogP contribution is 2.45. The zero-order valence-corrected chi connectivity index (χ0v) is 9.28. The molecule has 0 bridgehead atoms. The van der Waals surface area contributed by atoms with Crippen molar-refractivity contribution in [2.24, 2.45) is 11.7 Å². The Balaban J connectivity index is 2.00. The van der Waals surface area contributed by atoms with Crippen molar-refractivity contribution in [3.63, 3.8) is 0 Å². The number of ether oxygens (including phenoxy) is 1. The summed E-state index contributed by atoms with van der Waals surface area (Å²) in [7, 11) is 1.74. The van der Waals surface area contributed by atoms with Crippen LogP contribution in [0.1, 0.15) is 30.7 Å². The van der Waals surface area contributed by atoms with E-state index in [0.717, 1.165) is 18.2 Å². The van der Waals surface area contributed by atoms with Crippen LogP contribution in [0.2, 0.25) is 0 Å². The number of methoxy groups -OCH3 is 1. The molecule has 0 radical (unpaired) electrons. The first-order valence-corrected chi connectivity index (χ1v) is 5.68. The third kappa shape index (κ3) is 2.15. The van der Waals surface area contributed by atoms with E-state index in [1.165, 1.54) is 24.8 Å². The minimum Gasteiger partial charge on any atom is -0.496 e. The van der Waals surface area contributed by atoms with Crippen molar-refractivity contribution in [2.45, 2.75) is 25.2 Å². The summed E-state index contributed by atoms with van der Waals surface area (Å²) in [6.07, 6.45) is 3.72. The highest BCUT2D eigenvalue weighted by Gasteiger charge is 2.31. The molecule has 1 fully saturated rings. The van der Waals surface area contributed by atoms with Crippen LogP contribution in [0.4, 0.5) is 0 Å². The predicted molar refractivity (Wildman–Crippen MR) is 62.1 cm³/mol. The molecule has 1 aliphatic carbocycles. The standard InChI is InChI=1S/C13H19NO/c1-15-13-5-3-2-4-12(13)11-8-10(9-11)6-7-14/h2-5,10-11H,6-9,14H2,1H3. The monoisotopic (exact) mass is 205 g/mol. The fourth-order valence-corrected chi connectivity index (χ4v) is 2.46. The zero-order chi connectivity index (χ0) is 10.7. The van der Waals surface area contributed by atoms with Crippen molar-refractivity contribution in [1.82, 2.24) is 0 Å². The van der Waals surface area contributed by atoms with Crippen molar-refractivity contribution >= 4 is 0 Å². The molecule has 2 N–H and O–H groups in total. The van der Waals surface area contributed by atoms with E-state index in [0.29, 0.717) is 5.92 Å². The number of rotatable bonds is 4. The molecule has 0 heterocycles. The van der Waals surface area contributed by atoms with Gasteiger partial charge in [0.25, 0.3) is 0 Å². The lowest BCUT2D eigenvalue weighted by Gasteiger charge is -2.36. The van der Waals surface area contributed by atoms with Gasteiger partial charge in [-0.15, -0.1) is 0 Å². The second-order valence-corrected chi connectivity index (χ2v) is 4.35. The smallest absolute Gasteiger partial charge is 0.122 e. The number of para-hydroxylation sites is 1. The molecular weight excluding hydrogens is 186 g/mol. The van der Waals surface area contributed by atoms with Gasteiger partial charge in [-0.05, 0) is 49.3 Å². The maximum Gasteiger partial charge on any atom is 0.122 e. The van der Waals surface area contributed by atoms with Gasteiger partial charge in [0, 0.05) is 0 Å². The summed E-state index contributed by atoms with van der Waals surface area (Å²) in [4.78, 5) is 0. The average molecular weight is 205 g/mol. The number of nitrogens with two attached hydrogens (primary N) is 1. The Hall–Kier alpha value is -1.02. The molecule has 2 heteroatoms. The molecule has 82 valence electrons. The highest BCUT2D eigenvalue weighted by atomic mass is 16.5. The van der Waals surface area contributed by atoms with Gasteiger partial charge in [-0.1, -0.05) is 18.2 Å². The molecule has 1 saturated carbocycles. The van der Waals surface area contributed by atoms with E-state index < -0.39 is 0 Å². The van der Waals surface area contributed by atoms with E-state index in [2.05, 4.69) is 12.1 Å². The topological polar surface area (TPSA) is 35.2 Å². The van der Waals surface area contributed by atoms with Gasteiger partial charge in [-0.2, -0.15) is 0 Å². The quantitative estimate of drug-likeness (QED) is 0.819. The van der Waals surface area contributed by atoms with Crippen molar-refractivity contribution in [3.8, 4) is 5.75 Å². The van der Waals surface area contributed by atoms with Crippen molar-refractivity contribution < 1.29 is 4.74 Å². The van der Waals surface area contributed by atoms with Crippen LogP contribution >= 0.6 is 0 Å². The number of hydrogen-bond acceptors (Lipinski definition) is 2. The number of benzene rings is 1. The lowest BCUT2D eigenvalue weighted by atomic mass is 9.70. The van der Waals surface area contributed by atoms with Crippen LogP contribution in [0.3, 0.4) is 0 Å². The van der Waals surface area contributed by atoms with Gasteiger partial charge in [0.1, 0.15) is 5.75 Å². The minimum atomic E-state index is 0.692. The fraction of sp³-hybridized carbons (Fsp3) is 0.538. The van der Waals surface area contributed by atoms with Crippen LogP contribution < -0.4 is 10.5 Å². The van der Waals surface area contributed by atoms with Gasteiger partial charge in [-0.3, -0.25) is 0 Å². The van der Waals surface area contributed by atoms with Gasteiger partial charge in [-0.25, -0.2) is 0 Å². The lowest BCUT2D eigenvalue weighted by Crippen LogP contribution is -2.24. The van der Waals surface area contributed by atoms with Crippen LogP contribution in [0, 0.1) is 5.92 Å². The maximum absolute atomic E-state index is 5.55. The summed E-state index contributed by atoms with van der Waals surface area (Å²) in [6, 6.07) is 8.35. The van der Waals surface area contributed by atoms with Gasteiger partial charge in [0.05, 0.1) is 7.11 Å². The SMILES string of the molecule is COc1ccccc1C1CC(CCN)C1. The molecule has 15 heavy (non-hydrogen) atoms. The van der Waals surface area contributed by atoms with Crippen molar-refractivity contribution in [3.05, 3.63) is 29.8 Å². The van der Waals surface area contributed by atoms with Crippen LogP contribution in [0.5, 0.6) is 5.75 Å².